The molecule has 5 bridgehead atoms. The Morgan fingerprint density at radius 3 is 2.42 bits per heavy atom. The molecule has 0 aliphatic carbocycles. The highest BCUT2D eigenvalue weighted by molar-refractivity contribution is 9.11. The van der Waals surface area contributed by atoms with Gasteiger partial charge in [0.15, 0.2) is 0 Å². The van der Waals surface area contributed by atoms with E-state index in [1.54, 1.807) is 17.9 Å². The molecule has 3 aromatic rings. The summed E-state index contributed by atoms with van der Waals surface area (Å²) in [5.41, 5.74) is -0.214. The molecule has 4 aliphatic rings. The average molecular weight is 771 g/mol. The summed E-state index contributed by atoms with van der Waals surface area (Å²) < 4.78 is 13.6. The first kappa shape index (κ1) is 36.1. The zero-order chi connectivity index (χ0) is 36.7. The minimum atomic E-state index is -1.52. The Kier molecular flexibility index (Phi) is 10.1. The van der Waals surface area contributed by atoms with Crippen LogP contribution in [-0.4, -0.2) is 76.7 Å². The number of hydrogen-bond acceptors (Lipinski definition) is 7. The first-order valence-corrected chi connectivity index (χ1v) is 18.9. The fraction of sp³-hybridized carbons (Fsp3) is 0.415. The van der Waals surface area contributed by atoms with Gasteiger partial charge in [-0.25, -0.2) is 0 Å². The van der Waals surface area contributed by atoms with E-state index in [2.05, 4.69) is 21.2 Å². The monoisotopic (exact) mass is 769 g/mol. The van der Waals surface area contributed by atoms with Crippen molar-refractivity contribution in [3.8, 4) is 0 Å². The van der Waals surface area contributed by atoms with Crippen LogP contribution in [0, 0.1) is 17.8 Å². The van der Waals surface area contributed by atoms with E-state index in [9.17, 15) is 19.5 Å². The summed E-state index contributed by atoms with van der Waals surface area (Å²) >= 11 is 3.64. The Morgan fingerprint density at radius 2 is 1.69 bits per heavy atom. The molecular weight excluding hydrogens is 726 g/mol. The summed E-state index contributed by atoms with van der Waals surface area (Å²) in [6, 6.07) is 20.3. The number of carbonyl (C=O) groups excluding carboxylic acids is 4. The van der Waals surface area contributed by atoms with Crippen LogP contribution in [0.15, 0.2) is 95.5 Å². The van der Waals surface area contributed by atoms with Gasteiger partial charge in [-0.15, -0.1) is 0 Å². The number of aliphatic hydroxyl groups excluding tert-OH is 1. The number of allylic oxidation sites excluding steroid dienone is 1. The predicted molar refractivity (Wildman–Crippen MR) is 200 cm³/mol. The highest BCUT2D eigenvalue weighted by Gasteiger charge is 2.75. The van der Waals surface area contributed by atoms with Crippen LogP contribution in [0.5, 0.6) is 0 Å². The number of halogens is 1. The van der Waals surface area contributed by atoms with Gasteiger partial charge in [0.2, 0.25) is 11.8 Å². The molecule has 0 unspecified atom stereocenters. The normalized spacial score (nSPS) is 31.2. The molecule has 2 fully saturated rings. The smallest absolute Gasteiger partial charge is 0.313 e. The largest absolute Gasteiger partial charge is 0.455 e. The lowest BCUT2D eigenvalue weighted by Crippen LogP contribution is -2.59. The summed E-state index contributed by atoms with van der Waals surface area (Å²) in [6.07, 6.45) is 5.02. The van der Waals surface area contributed by atoms with Crippen molar-refractivity contribution >= 4 is 56.1 Å². The highest BCUT2D eigenvalue weighted by Crippen LogP contribution is 2.59. The predicted octanol–water partition coefficient (Wildman–Crippen LogP) is 5.59. The van der Waals surface area contributed by atoms with Crippen molar-refractivity contribution in [3.63, 3.8) is 0 Å². The maximum atomic E-state index is 15.4. The fourth-order valence-electron chi connectivity index (χ4n) is 8.41. The average Bonchev–Trinajstić information content (AvgIpc) is 3.75. The standard InChI is InChI=1S/C41H44BrN3O7/c1-4-24(2)31(23-46)45-37-39(49)44(29-19-18-26-13-10-11-16-28(26)21-29)20-12-6-9-17-32(47)43-25(3)35(27-14-7-5-8-15-27)51-40(50)33-34(38(45)48)41(37)22-30(42)36(33)52-41/h5-8,10-16,18-19,21-22,24-25,31,33-37,46H,4,9,17,20,23H2,1-3H3,(H,43,47)/b12-6-/t24-,25-,31-,33+,34-,35+,36+,37+,41-/m0/s1. The van der Waals surface area contributed by atoms with Crippen LogP contribution in [0.4, 0.5) is 5.69 Å². The van der Waals surface area contributed by atoms with Crippen molar-refractivity contribution < 1.29 is 33.8 Å². The maximum absolute atomic E-state index is 15.4. The van der Waals surface area contributed by atoms with Gasteiger partial charge in [-0.2, -0.15) is 0 Å². The molecule has 3 aromatic carbocycles. The van der Waals surface area contributed by atoms with Gasteiger partial charge >= 0.3 is 5.97 Å². The number of anilines is 1. The van der Waals surface area contributed by atoms with Crippen LogP contribution in [-0.2, 0) is 28.7 Å². The van der Waals surface area contributed by atoms with Crippen molar-refractivity contribution in [1.29, 1.82) is 0 Å². The Balaban J connectivity index is 1.38. The fourth-order valence-corrected chi connectivity index (χ4v) is 9.15. The number of likely N-dealkylation sites (tertiary alicyclic amines) is 1. The third-order valence-electron chi connectivity index (χ3n) is 11.2. The number of benzene rings is 3. The second-order valence-electron chi connectivity index (χ2n) is 14.3. The quantitative estimate of drug-likeness (QED) is 0.248. The molecule has 0 aromatic heterocycles. The minimum absolute atomic E-state index is 0.150. The van der Waals surface area contributed by atoms with Crippen LogP contribution in [0.3, 0.4) is 0 Å². The van der Waals surface area contributed by atoms with E-state index < -0.39 is 65.6 Å². The van der Waals surface area contributed by atoms with Crippen LogP contribution in [0.2, 0.25) is 0 Å². The molecule has 0 saturated carbocycles. The lowest BCUT2D eigenvalue weighted by atomic mass is 9.74. The molecule has 2 saturated heterocycles. The number of cyclic esters (lactones) is 1. The van der Waals surface area contributed by atoms with E-state index in [1.165, 1.54) is 4.90 Å². The van der Waals surface area contributed by atoms with Gasteiger partial charge in [0.25, 0.3) is 5.91 Å². The first-order valence-electron chi connectivity index (χ1n) is 18.1. The van der Waals surface area contributed by atoms with E-state index >= 15 is 4.79 Å². The zero-order valence-corrected chi connectivity index (χ0v) is 31.1. The van der Waals surface area contributed by atoms with Crippen molar-refractivity contribution in [3.05, 3.63) is 101 Å². The zero-order valence-electron chi connectivity index (χ0n) is 29.5. The minimum Gasteiger partial charge on any atom is -0.455 e. The molecule has 52 heavy (non-hydrogen) atoms. The van der Waals surface area contributed by atoms with Crippen molar-refractivity contribution in [2.24, 2.45) is 17.8 Å². The number of carbonyl (C=O) groups is 4. The number of hydrogen-bond donors (Lipinski definition) is 2. The van der Waals surface area contributed by atoms with Gasteiger partial charge in [-0.1, -0.05) is 109 Å². The molecule has 1 spiro atoms. The molecule has 2 N–H and O–H groups in total. The summed E-state index contributed by atoms with van der Waals surface area (Å²) in [7, 11) is 0. The molecule has 3 amide bonds. The molecule has 4 aliphatic heterocycles. The number of esters is 1. The van der Waals surface area contributed by atoms with Crippen LogP contribution >= 0.6 is 15.9 Å². The van der Waals surface area contributed by atoms with Crippen LogP contribution in [0.1, 0.15) is 51.7 Å². The third-order valence-corrected chi connectivity index (χ3v) is 11.9. The van der Waals surface area contributed by atoms with Gasteiger partial charge in [-0.05, 0) is 53.8 Å². The van der Waals surface area contributed by atoms with E-state index in [1.807, 2.05) is 98.8 Å². The molecule has 7 rings (SSSR count). The number of nitrogens with one attached hydrogen (secondary N) is 1. The number of fused-ring (bicyclic) bond motifs is 3. The third kappa shape index (κ3) is 6.16. The lowest BCUT2D eigenvalue weighted by molar-refractivity contribution is -0.162. The summed E-state index contributed by atoms with van der Waals surface area (Å²) in [6.45, 7) is 5.48. The second kappa shape index (κ2) is 14.6. The highest BCUT2D eigenvalue weighted by atomic mass is 79.9. The molecular formula is C41H44BrN3O7. The Labute approximate surface area is 311 Å². The number of aliphatic hydroxyl groups is 1. The molecule has 0 radical (unpaired) electrons. The SMILES string of the molecule is CC[C@H](C)[C@H](CO)N1C(=O)[C@@H]2[C@H]3C(=O)O[C@@H](c4ccccc4)[C@H](C)NC(=O)CC/C=C\CN(c4ccc5ccccc5c4)C(=O)[C@@H]1[C@]21C=C(Br)[C@H]3O1. The Bertz CT molecular complexity index is 1930. The first-order chi connectivity index (χ1) is 25.1. The summed E-state index contributed by atoms with van der Waals surface area (Å²) in [4.78, 5) is 61.1. The van der Waals surface area contributed by atoms with Crippen LogP contribution < -0.4 is 10.2 Å². The van der Waals surface area contributed by atoms with Crippen molar-refractivity contribution in [1.82, 2.24) is 10.2 Å². The van der Waals surface area contributed by atoms with E-state index in [4.69, 9.17) is 9.47 Å². The number of nitrogens with zero attached hydrogens (tertiary/aromatic N) is 2. The maximum Gasteiger partial charge on any atom is 0.313 e. The van der Waals surface area contributed by atoms with E-state index in [0.29, 0.717) is 28.6 Å². The van der Waals surface area contributed by atoms with Gasteiger partial charge in [0, 0.05) is 23.1 Å². The van der Waals surface area contributed by atoms with Crippen LogP contribution in [0.25, 0.3) is 10.8 Å². The van der Waals surface area contributed by atoms with E-state index in [-0.39, 0.29) is 31.4 Å². The van der Waals surface area contributed by atoms with Crippen molar-refractivity contribution in [2.75, 3.05) is 18.1 Å². The number of amides is 3. The van der Waals surface area contributed by atoms with Crippen molar-refractivity contribution in [2.45, 2.75) is 76.0 Å². The van der Waals surface area contributed by atoms with Gasteiger partial charge < -0.3 is 29.7 Å². The second-order valence-corrected chi connectivity index (χ2v) is 15.2. The molecule has 9 atom stereocenters. The topological polar surface area (TPSA) is 125 Å². The van der Waals surface area contributed by atoms with Gasteiger partial charge in [-0.3, -0.25) is 19.2 Å². The van der Waals surface area contributed by atoms with Gasteiger partial charge in [0.05, 0.1) is 24.6 Å². The molecule has 4 heterocycles. The Hall–Kier alpha value is -4.32. The molecule has 11 heteroatoms. The molecule has 272 valence electrons. The summed E-state index contributed by atoms with van der Waals surface area (Å²) in [5, 5.41) is 15.8. The number of rotatable bonds is 6. The Morgan fingerprint density at radius 1 is 0.962 bits per heavy atom. The summed E-state index contributed by atoms with van der Waals surface area (Å²) in [5.74, 6) is -4.08. The van der Waals surface area contributed by atoms with E-state index in [0.717, 1.165) is 10.8 Å². The lowest BCUT2D eigenvalue weighted by Gasteiger charge is -2.40. The van der Waals surface area contributed by atoms with Gasteiger partial charge in [0.1, 0.15) is 29.8 Å². The molecule has 10 nitrogen and oxygen atoms in total. The number of ether oxygens (including phenoxy) is 2.